The van der Waals surface area contributed by atoms with Crippen LogP contribution in [0.5, 0.6) is 5.75 Å². The van der Waals surface area contributed by atoms with E-state index in [0.29, 0.717) is 19.1 Å². The lowest BCUT2D eigenvalue weighted by Gasteiger charge is -2.25. The van der Waals surface area contributed by atoms with Crippen molar-refractivity contribution in [2.75, 3.05) is 18.6 Å². The average molecular weight is 338 g/mol. The van der Waals surface area contributed by atoms with Crippen LogP contribution in [0.4, 0.5) is 5.69 Å². The molecule has 0 aliphatic heterocycles. The molecule has 0 heterocycles. The average Bonchev–Trinajstić information content (AvgIpc) is 3.15. The Morgan fingerprint density at radius 2 is 1.76 bits per heavy atom. The Morgan fingerprint density at radius 3 is 2.40 bits per heavy atom. The van der Waals surface area contributed by atoms with Crippen molar-refractivity contribution in [3.8, 4) is 5.75 Å². The molecule has 25 heavy (non-hydrogen) atoms. The lowest BCUT2D eigenvalue weighted by molar-refractivity contribution is -0.120. The topological polar surface area (TPSA) is 41.6 Å². The highest BCUT2D eigenvalue weighted by atomic mass is 16.5. The van der Waals surface area contributed by atoms with Crippen LogP contribution in [0.15, 0.2) is 54.6 Å². The third kappa shape index (κ3) is 4.99. The number of carbonyl (C=O) groups is 1. The molecule has 4 heteroatoms. The number of ether oxygens (including phenoxy) is 1. The Hall–Kier alpha value is -2.49. The maximum absolute atomic E-state index is 12.5. The fourth-order valence-corrected chi connectivity index (χ4v) is 3.35. The van der Waals surface area contributed by atoms with E-state index in [0.717, 1.165) is 24.3 Å². The predicted molar refractivity (Wildman–Crippen MR) is 101 cm³/mol. The number of methoxy groups -OCH3 is 1. The molecule has 0 unspecified atom stereocenters. The molecule has 0 atom stereocenters. The minimum atomic E-state index is 0.0960. The Kier molecular flexibility index (Phi) is 5.94. The first-order valence-corrected chi connectivity index (χ1v) is 8.97. The van der Waals surface area contributed by atoms with E-state index in [4.69, 9.17) is 4.74 Å². The minimum Gasteiger partial charge on any atom is -0.497 e. The summed E-state index contributed by atoms with van der Waals surface area (Å²) in [5.74, 6) is 0.914. The Morgan fingerprint density at radius 1 is 1.08 bits per heavy atom. The van der Waals surface area contributed by atoms with Crippen molar-refractivity contribution < 1.29 is 9.53 Å². The van der Waals surface area contributed by atoms with Crippen LogP contribution in [-0.4, -0.2) is 25.6 Å². The number of rotatable bonds is 7. The molecule has 0 saturated heterocycles. The van der Waals surface area contributed by atoms with E-state index in [9.17, 15) is 4.79 Å². The van der Waals surface area contributed by atoms with E-state index in [2.05, 4.69) is 22.3 Å². The summed E-state index contributed by atoms with van der Waals surface area (Å²) in [5.41, 5.74) is 2.21. The van der Waals surface area contributed by atoms with Crippen molar-refractivity contribution in [1.82, 2.24) is 5.32 Å². The van der Waals surface area contributed by atoms with Crippen LogP contribution < -0.4 is 15.0 Å². The standard InChI is InChI=1S/C21H26N2O2/c1-25-20-13-11-19(12-14-20)23(15-17-7-3-2-4-8-17)16-21(24)22-18-9-5-6-10-18/h2-4,7-8,11-14,18H,5-6,9-10,15-16H2,1H3,(H,22,24). The van der Waals surface area contributed by atoms with Gasteiger partial charge in [0.15, 0.2) is 0 Å². The monoisotopic (exact) mass is 338 g/mol. The van der Waals surface area contributed by atoms with Crippen LogP contribution in [0.1, 0.15) is 31.2 Å². The molecule has 1 aliphatic rings. The molecule has 1 fully saturated rings. The lowest BCUT2D eigenvalue weighted by atomic mass is 10.2. The van der Waals surface area contributed by atoms with Gasteiger partial charge in [-0.3, -0.25) is 4.79 Å². The zero-order valence-corrected chi connectivity index (χ0v) is 14.8. The predicted octanol–water partition coefficient (Wildman–Crippen LogP) is 3.76. The van der Waals surface area contributed by atoms with Gasteiger partial charge in [0.1, 0.15) is 5.75 Å². The van der Waals surface area contributed by atoms with Crippen LogP contribution in [0.2, 0.25) is 0 Å². The normalized spacial score (nSPS) is 14.3. The summed E-state index contributed by atoms with van der Waals surface area (Å²) in [4.78, 5) is 14.6. The summed E-state index contributed by atoms with van der Waals surface area (Å²) in [6, 6.07) is 18.5. The molecule has 1 saturated carbocycles. The molecule has 0 bridgehead atoms. The smallest absolute Gasteiger partial charge is 0.239 e. The zero-order chi connectivity index (χ0) is 17.5. The number of amides is 1. The van der Waals surface area contributed by atoms with Gasteiger partial charge < -0.3 is 15.0 Å². The van der Waals surface area contributed by atoms with Crippen molar-refractivity contribution in [3.63, 3.8) is 0 Å². The SMILES string of the molecule is COc1ccc(N(CC(=O)NC2CCCC2)Cc2ccccc2)cc1. The van der Waals surface area contributed by atoms with Gasteiger partial charge in [0.05, 0.1) is 13.7 Å². The van der Waals surface area contributed by atoms with Crippen LogP contribution >= 0.6 is 0 Å². The summed E-state index contributed by atoms with van der Waals surface area (Å²) in [7, 11) is 1.66. The molecule has 4 nitrogen and oxygen atoms in total. The van der Waals surface area contributed by atoms with Crippen LogP contribution in [0, 0.1) is 0 Å². The molecule has 3 rings (SSSR count). The molecule has 0 radical (unpaired) electrons. The molecular weight excluding hydrogens is 312 g/mol. The van der Waals surface area contributed by atoms with Crippen LogP contribution in [-0.2, 0) is 11.3 Å². The van der Waals surface area contributed by atoms with Gasteiger partial charge in [0.25, 0.3) is 0 Å². The third-order valence-corrected chi connectivity index (χ3v) is 4.71. The second-order valence-electron chi connectivity index (χ2n) is 6.59. The summed E-state index contributed by atoms with van der Waals surface area (Å²) < 4.78 is 5.24. The second-order valence-corrected chi connectivity index (χ2v) is 6.59. The maximum Gasteiger partial charge on any atom is 0.239 e. The quantitative estimate of drug-likeness (QED) is 0.836. The molecule has 1 amide bonds. The van der Waals surface area contributed by atoms with Gasteiger partial charge in [0, 0.05) is 18.3 Å². The Balaban J connectivity index is 1.71. The first-order chi connectivity index (χ1) is 12.2. The molecule has 0 aromatic heterocycles. The third-order valence-electron chi connectivity index (χ3n) is 4.71. The fourth-order valence-electron chi connectivity index (χ4n) is 3.35. The largest absolute Gasteiger partial charge is 0.497 e. The number of hydrogen-bond donors (Lipinski definition) is 1. The van der Waals surface area contributed by atoms with Crippen molar-refractivity contribution in [1.29, 1.82) is 0 Å². The number of carbonyl (C=O) groups excluding carboxylic acids is 1. The molecule has 1 aliphatic carbocycles. The van der Waals surface area contributed by atoms with Gasteiger partial charge in [-0.15, -0.1) is 0 Å². The molecule has 1 N–H and O–H groups in total. The summed E-state index contributed by atoms with van der Waals surface area (Å²) in [5, 5.41) is 3.18. The first kappa shape index (κ1) is 17.3. The van der Waals surface area contributed by atoms with Gasteiger partial charge in [0.2, 0.25) is 5.91 Å². The van der Waals surface area contributed by atoms with Gasteiger partial charge >= 0.3 is 0 Å². The lowest BCUT2D eigenvalue weighted by Crippen LogP contribution is -2.41. The van der Waals surface area contributed by atoms with E-state index in [-0.39, 0.29) is 5.91 Å². The number of benzene rings is 2. The van der Waals surface area contributed by atoms with Crippen LogP contribution in [0.25, 0.3) is 0 Å². The molecule has 132 valence electrons. The van der Waals surface area contributed by atoms with Gasteiger partial charge in [-0.2, -0.15) is 0 Å². The van der Waals surface area contributed by atoms with Gasteiger partial charge in [-0.1, -0.05) is 43.2 Å². The number of nitrogens with one attached hydrogen (secondary N) is 1. The highest BCUT2D eigenvalue weighted by Gasteiger charge is 2.19. The van der Waals surface area contributed by atoms with Crippen molar-refractivity contribution in [2.45, 2.75) is 38.3 Å². The minimum absolute atomic E-state index is 0.0960. The summed E-state index contributed by atoms with van der Waals surface area (Å²) in [6.07, 6.45) is 4.65. The van der Waals surface area contributed by atoms with E-state index in [1.54, 1.807) is 7.11 Å². The molecule has 2 aromatic carbocycles. The summed E-state index contributed by atoms with van der Waals surface area (Å²) >= 11 is 0. The fraction of sp³-hybridized carbons (Fsp3) is 0.381. The van der Waals surface area contributed by atoms with Crippen molar-refractivity contribution in [2.24, 2.45) is 0 Å². The number of nitrogens with zero attached hydrogens (tertiary/aromatic N) is 1. The van der Waals surface area contributed by atoms with E-state index >= 15 is 0 Å². The van der Waals surface area contributed by atoms with E-state index in [1.165, 1.54) is 18.4 Å². The highest BCUT2D eigenvalue weighted by Crippen LogP contribution is 2.22. The van der Waals surface area contributed by atoms with E-state index in [1.807, 2.05) is 42.5 Å². The van der Waals surface area contributed by atoms with Gasteiger partial charge in [-0.25, -0.2) is 0 Å². The summed E-state index contributed by atoms with van der Waals surface area (Å²) in [6.45, 7) is 1.06. The zero-order valence-electron chi connectivity index (χ0n) is 14.8. The Labute approximate surface area is 149 Å². The van der Waals surface area contributed by atoms with Crippen molar-refractivity contribution >= 4 is 11.6 Å². The van der Waals surface area contributed by atoms with Crippen LogP contribution in [0.3, 0.4) is 0 Å². The molecular formula is C21H26N2O2. The van der Waals surface area contributed by atoms with E-state index < -0.39 is 0 Å². The molecule has 0 spiro atoms. The molecule has 2 aromatic rings. The second kappa shape index (κ2) is 8.56. The highest BCUT2D eigenvalue weighted by molar-refractivity contribution is 5.81. The number of anilines is 1. The Bertz CT molecular complexity index is 664. The van der Waals surface area contributed by atoms with Crippen molar-refractivity contribution in [3.05, 3.63) is 60.2 Å². The first-order valence-electron chi connectivity index (χ1n) is 8.97. The maximum atomic E-state index is 12.5. The van der Waals surface area contributed by atoms with Gasteiger partial charge in [-0.05, 0) is 42.7 Å². The number of hydrogen-bond acceptors (Lipinski definition) is 3.